The number of hydrogen-bond acceptors (Lipinski definition) is 5. The lowest BCUT2D eigenvalue weighted by Gasteiger charge is -2.26. The van der Waals surface area contributed by atoms with E-state index in [0.29, 0.717) is 19.4 Å². The highest BCUT2D eigenvalue weighted by Gasteiger charge is 2.20. The lowest BCUT2D eigenvalue weighted by molar-refractivity contribution is -0.144. The molecule has 0 aliphatic carbocycles. The number of ketones is 1. The van der Waals surface area contributed by atoms with Crippen LogP contribution in [0.5, 0.6) is 0 Å². The number of morpholine rings is 1. The standard InChI is InChI=1S/C18H33NO4/c1-18(2,3)16(20)8-4-5-9-17(21)23-13-7-6-10-19-11-14-22-15-12-19/h4-15H2,1-3H3. The Balaban J connectivity index is 1.93. The van der Waals surface area contributed by atoms with Crippen LogP contribution in [0.3, 0.4) is 0 Å². The van der Waals surface area contributed by atoms with Crippen LogP contribution in [0, 0.1) is 5.41 Å². The molecule has 0 radical (unpaired) electrons. The van der Waals surface area contributed by atoms with Crippen molar-refractivity contribution in [2.75, 3.05) is 39.5 Å². The average molecular weight is 327 g/mol. The van der Waals surface area contributed by atoms with Crippen molar-refractivity contribution in [3.8, 4) is 0 Å². The number of ether oxygens (including phenoxy) is 2. The number of carbonyl (C=O) groups excluding carboxylic acids is 2. The SMILES string of the molecule is CC(C)(C)C(=O)CCCCC(=O)OCCCCN1CCOCC1. The van der Waals surface area contributed by atoms with E-state index in [1.165, 1.54) is 0 Å². The highest BCUT2D eigenvalue weighted by atomic mass is 16.5. The Labute approximate surface area is 140 Å². The number of nitrogens with zero attached hydrogens (tertiary/aromatic N) is 1. The maximum Gasteiger partial charge on any atom is 0.305 e. The lowest BCUT2D eigenvalue weighted by atomic mass is 9.88. The Morgan fingerprint density at radius 2 is 1.65 bits per heavy atom. The Bertz CT molecular complexity index is 357. The van der Waals surface area contributed by atoms with Crippen LogP contribution >= 0.6 is 0 Å². The van der Waals surface area contributed by atoms with Crippen molar-refractivity contribution in [2.45, 2.75) is 59.3 Å². The smallest absolute Gasteiger partial charge is 0.305 e. The lowest BCUT2D eigenvalue weighted by Crippen LogP contribution is -2.36. The minimum atomic E-state index is -0.277. The molecule has 0 aromatic carbocycles. The minimum Gasteiger partial charge on any atom is -0.466 e. The number of hydrogen-bond donors (Lipinski definition) is 0. The van der Waals surface area contributed by atoms with E-state index < -0.39 is 0 Å². The van der Waals surface area contributed by atoms with E-state index in [1.807, 2.05) is 20.8 Å². The molecule has 0 amide bonds. The van der Waals surface area contributed by atoms with Gasteiger partial charge in [0.1, 0.15) is 5.78 Å². The second kappa shape index (κ2) is 10.8. The molecule has 5 heteroatoms. The van der Waals surface area contributed by atoms with Crippen molar-refractivity contribution < 1.29 is 19.1 Å². The van der Waals surface area contributed by atoms with E-state index in [0.717, 1.165) is 58.5 Å². The van der Waals surface area contributed by atoms with Gasteiger partial charge in [-0.1, -0.05) is 20.8 Å². The molecule has 1 aliphatic heterocycles. The van der Waals surface area contributed by atoms with Crippen molar-refractivity contribution in [2.24, 2.45) is 5.41 Å². The van der Waals surface area contributed by atoms with Gasteiger partial charge in [-0.15, -0.1) is 0 Å². The molecule has 0 atom stereocenters. The van der Waals surface area contributed by atoms with Gasteiger partial charge in [-0.2, -0.15) is 0 Å². The fourth-order valence-electron chi connectivity index (χ4n) is 2.45. The zero-order chi connectivity index (χ0) is 17.1. The summed E-state index contributed by atoms with van der Waals surface area (Å²) in [5, 5.41) is 0. The first-order valence-electron chi connectivity index (χ1n) is 8.88. The molecule has 0 unspecified atom stereocenters. The second-order valence-electron chi connectivity index (χ2n) is 7.26. The van der Waals surface area contributed by atoms with Gasteiger partial charge in [-0.05, 0) is 32.2 Å². The van der Waals surface area contributed by atoms with Gasteiger partial charge in [-0.25, -0.2) is 0 Å². The predicted octanol–water partition coefficient (Wildman–Crippen LogP) is 2.82. The first-order chi connectivity index (χ1) is 10.9. The Morgan fingerprint density at radius 1 is 1.00 bits per heavy atom. The number of carbonyl (C=O) groups is 2. The normalized spacial score (nSPS) is 16.3. The third-order valence-electron chi connectivity index (χ3n) is 4.11. The molecule has 0 spiro atoms. The van der Waals surface area contributed by atoms with Crippen molar-refractivity contribution in [3.05, 3.63) is 0 Å². The zero-order valence-corrected chi connectivity index (χ0v) is 15.1. The van der Waals surface area contributed by atoms with E-state index in [2.05, 4.69) is 4.90 Å². The average Bonchev–Trinajstić information content (AvgIpc) is 2.51. The van der Waals surface area contributed by atoms with E-state index in [-0.39, 0.29) is 17.2 Å². The van der Waals surface area contributed by atoms with E-state index in [1.54, 1.807) is 0 Å². The van der Waals surface area contributed by atoms with E-state index >= 15 is 0 Å². The first kappa shape index (κ1) is 20.1. The summed E-state index contributed by atoms with van der Waals surface area (Å²) in [4.78, 5) is 25.8. The molecule has 1 aliphatic rings. The summed E-state index contributed by atoms with van der Waals surface area (Å²) in [7, 11) is 0. The molecule has 0 saturated carbocycles. The summed E-state index contributed by atoms with van der Waals surface area (Å²) in [6.07, 6.45) is 4.42. The molecule has 1 fully saturated rings. The summed E-state index contributed by atoms with van der Waals surface area (Å²) >= 11 is 0. The molecule has 1 heterocycles. The van der Waals surface area contributed by atoms with Gasteiger partial charge in [0.05, 0.1) is 19.8 Å². The predicted molar refractivity (Wildman–Crippen MR) is 90.4 cm³/mol. The highest BCUT2D eigenvalue weighted by molar-refractivity contribution is 5.83. The summed E-state index contributed by atoms with van der Waals surface area (Å²) in [5.74, 6) is 0.119. The number of Topliss-reactive ketones (excluding diaryl/α,β-unsaturated/α-hetero) is 1. The molecule has 0 aromatic rings. The van der Waals surface area contributed by atoms with Crippen LogP contribution in [0.4, 0.5) is 0 Å². The van der Waals surface area contributed by atoms with Gasteiger partial charge < -0.3 is 9.47 Å². The minimum absolute atomic E-state index is 0.139. The quantitative estimate of drug-likeness (QED) is 0.456. The number of rotatable bonds is 10. The molecule has 23 heavy (non-hydrogen) atoms. The molecule has 0 N–H and O–H groups in total. The van der Waals surface area contributed by atoms with Crippen LogP contribution in [-0.4, -0.2) is 56.1 Å². The molecule has 0 aromatic heterocycles. The fourth-order valence-corrected chi connectivity index (χ4v) is 2.45. The number of unbranched alkanes of at least 4 members (excludes halogenated alkanes) is 2. The molecule has 1 rings (SSSR count). The van der Waals surface area contributed by atoms with Gasteiger partial charge in [0.2, 0.25) is 0 Å². The topological polar surface area (TPSA) is 55.8 Å². The van der Waals surface area contributed by atoms with Crippen LogP contribution < -0.4 is 0 Å². The summed E-state index contributed by atoms with van der Waals surface area (Å²) in [5.41, 5.74) is -0.277. The van der Waals surface area contributed by atoms with E-state index in [9.17, 15) is 9.59 Å². The van der Waals surface area contributed by atoms with Crippen LogP contribution in [0.25, 0.3) is 0 Å². The summed E-state index contributed by atoms with van der Waals surface area (Å²) < 4.78 is 10.5. The maximum atomic E-state index is 11.8. The largest absolute Gasteiger partial charge is 0.466 e. The Hall–Kier alpha value is -0.940. The number of esters is 1. The van der Waals surface area contributed by atoms with Crippen molar-refractivity contribution in [1.29, 1.82) is 0 Å². The van der Waals surface area contributed by atoms with Crippen molar-refractivity contribution >= 4 is 11.8 Å². The van der Waals surface area contributed by atoms with Gasteiger partial charge in [0, 0.05) is 31.3 Å². The zero-order valence-electron chi connectivity index (χ0n) is 15.1. The molecular formula is C18H33NO4. The van der Waals surface area contributed by atoms with Crippen LogP contribution in [0.1, 0.15) is 59.3 Å². The van der Waals surface area contributed by atoms with Crippen molar-refractivity contribution in [3.63, 3.8) is 0 Å². The van der Waals surface area contributed by atoms with E-state index in [4.69, 9.17) is 9.47 Å². The molecule has 0 bridgehead atoms. The third kappa shape index (κ3) is 9.72. The summed E-state index contributed by atoms with van der Waals surface area (Å²) in [6.45, 7) is 11.0. The fraction of sp³-hybridized carbons (Fsp3) is 0.889. The van der Waals surface area contributed by atoms with Gasteiger partial charge >= 0.3 is 5.97 Å². The maximum absolute atomic E-state index is 11.8. The monoisotopic (exact) mass is 327 g/mol. The highest BCUT2D eigenvalue weighted by Crippen LogP contribution is 2.18. The molecular weight excluding hydrogens is 294 g/mol. The summed E-state index contributed by atoms with van der Waals surface area (Å²) in [6, 6.07) is 0. The second-order valence-corrected chi connectivity index (χ2v) is 7.26. The van der Waals surface area contributed by atoms with Crippen LogP contribution in [0.2, 0.25) is 0 Å². The van der Waals surface area contributed by atoms with Crippen LogP contribution in [-0.2, 0) is 19.1 Å². The Morgan fingerprint density at radius 3 is 2.30 bits per heavy atom. The third-order valence-corrected chi connectivity index (χ3v) is 4.11. The van der Waals surface area contributed by atoms with Gasteiger partial charge in [0.25, 0.3) is 0 Å². The molecule has 5 nitrogen and oxygen atoms in total. The van der Waals surface area contributed by atoms with Crippen molar-refractivity contribution in [1.82, 2.24) is 4.90 Å². The van der Waals surface area contributed by atoms with Crippen LogP contribution in [0.15, 0.2) is 0 Å². The van der Waals surface area contributed by atoms with Gasteiger partial charge in [0.15, 0.2) is 0 Å². The Kier molecular flexibility index (Phi) is 9.41. The van der Waals surface area contributed by atoms with Gasteiger partial charge in [-0.3, -0.25) is 14.5 Å². The molecule has 1 saturated heterocycles. The first-order valence-corrected chi connectivity index (χ1v) is 8.88. The molecule has 134 valence electrons.